The summed E-state index contributed by atoms with van der Waals surface area (Å²) in [6.07, 6.45) is 1.74. The molecule has 1 fully saturated rings. The van der Waals surface area contributed by atoms with Gasteiger partial charge in [0.15, 0.2) is 0 Å². The van der Waals surface area contributed by atoms with Crippen molar-refractivity contribution in [2.75, 3.05) is 19.6 Å². The van der Waals surface area contributed by atoms with Gasteiger partial charge in [0.1, 0.15) is 24.2 Å². The first kappa shape index (κ1) is 26.1. The Balaban J connectivity index is 1.40. The van der Waals surface area contributed by atoms with Crippen LogP contribution >= 0.6 is 0 Å². The third-order valence-corrected chi connectivity index (χ3v) is 6.85. The highest BCUT2D eigenvalue weighted by Crippen LogP contribution is 2.35. The van der Waals surface area contributed by atoms with Crippen molar-refractivity contribution in [1.29, 1.82) is 0 Å². The number of benzene rings is 2. The summed E-state index contributed by atoms with van der Waals surface area (Å²) >= 11 is 0. The Kier molecular flexibility index (Phi) is 8.24. The van der Waals surface area contributed by atoms with E-state index >= 15 is 0 Å². The number of aryl methyl sites for hydroxylation is 1. The predicted octanol–water partition coefficient (Wildman–Crippen LogP) is 6.35. The monoisotopic (exact) mass is 493 g/mol. The van der Waals surface area contributed by atoms with Gasteiger partial charge in [0.05, 0.1) is 6.10 Å². The largest absolute Gasteiger partial charge is 0.506 e. The first-order valence-electron chi connectivity index (χ1n) is 13.0. The quantitative estimate of drug-likeness (QED) is 0.389. The Hall–Kier alpha value is -2.99. The summed E-state index contributed by atoms with van der Waals surface area (Å²) in [6.45, 7) is 13.4. The SMILES string of the molecule is CC1=C(CN2CC(OC(=O)O)C2)CCc2cc(OCc3ccc(CC(C)C)cc3OC(C)C)ccc21. The fraction of sp³-hybridized carbons (Fsp3) is 0.500. The van der Waals surface area contributed by atoms with Crippen LogP contribution in [0.25, 0.3) is 5.57 Å². The summed E-state index contributed by atoms with van der Waals surface area (Å²) in [7, 11) is 0. The smallest absolute Gasteiger partial charge is 0.491 e. The second-order valence-electron chi connectivity index (χ2n) is 10.7. The molecule has 0 atom stereocenters. The summed E-state index contributed by atoms with van der Waals surface area (Å²) in [5.74, 6) is 2.39. The van der Waals surface area contributed by atoms with Crippen molar-refractivity contribution in [3.8, 4) is 11.5 Å². The Labute approximate surface area is 214 Å². The van der Waals surface area contributed by atoms with Crippen molar-refractivity contribution in [2.45, 2.75) is 72.7 Å². The lowest BCUT2D eigenvalue weighted by Gasteiger charge is -2.39. The maximum Gasteiger partial charge on any atom is 0.506 e. The van der Waals surface area contributed by atoms with E-state index in [1.165, 1.54) is 27.8 Å². The van der Waals surface area contributed by atoms with E-state index in [1.54, 1.807) is 0 Å². The first-order valence-corrected chi connectivity index (χ1v) is 13.0. The van der Waals surface area contributed by atoms with E-state index in [9.17, 15) is 4.79 Å². The molecule has 1 heterocycles. The maximum atomic E-state index is 10.7. The zero-order valence-corrected chi connectivity index (χ0v) is 22.2. The van der Waals surface area contributed by atoms with Gasteiger partial charge in [0.2, 0.25) is 0 Å². The number of carboxylic acid groups (broad SMARTS) is 1. The van der Waals surface area contributed by atoms with Gasteiger partial charge in [-0.3, -0.25) is 4.90 Å². The average Bonchev–Trinajstić information content (AvgIpc) is 2.77. The molecule has 4 rings (SSSR count). The van der Waals surface area contributed by atoms with Crippen molar-refractivity contribution in [3.05, 3.63) is 64.2 Å². The van der Waals surface area contributed by atoms with Gasteiger partial charge in [-0.05, 0) is 86.4 Å². The summed E-state index contributed by atoms with van der Waals surface area (Å²) in [6, 6.07) is 12.9. The minimum Gasteiger partial charge on any atom is -0.491 e. The second kappa shape index (κ2) is 11.4. The molecule has 194 valence electrons. The highest BCUT2D eigenvalue weighted by molar-refractivity contribution is 5.72. The summed E-state index contributed by atoms with van der Waals surface area (Å²) in [5, 5.41) is 8.75. The molecule has 1 N–H and O–H groups in total. The number of ether oxygens (including phenoxy) is 3. The van der Waals surface area contributed by atoms with Crippen molar-refractivity contribution in [1.82, 2.24) is 4.90 Å². The predicted molar refractivity (Wildman–Crippen MR) is 142 cm³/mol. The Morgan fingerprint density at radius 2 is 1.86 bits per heavy atom. The van der Waals surface area contributed by atoms with Gasteiger partial charge in [0, 0.05) is 25.2 Å². The normalized spacial score (nSPS) is 16.2. The number of carbonyl (C=O) groups is 1. The molecular formula is C30H39NO5. The van der Waals surface area contributed by atoms with Crippen LogP contribution in [0, 0.1) is 5.92 Å². The van der Waals surface area contributed by atoms with E-state index in [-0.39, 0.29) is 12.2 Å². The summed E-state index contributed by atoms with van der Waals surface area (Å²) in [5.41, 5.74) is 7.69. The minimum absolute atomic E-state index is 0.109. The van der Waals surface area contributed by atoms with Gasteiger partial charge in [-0.1, -0.05) is 37.6 Å². The van der Waals surface area contributed by atoms with Crippen LogP contribution in [0.3, 0.4) is 0 Å². The number of allylic oxidation sites excluding steroid dienone is 1. The molecule has 1 aliphatic heterocycles. The minimum atomic E-state index is -1.19. The van der Waals surface area contributed by atoms with Crippen LogP contribution in [0.2, 0.25) is 0 Å². The molecule has 0 radical (unpaired) electrons. The van der Waals surface area contributed by atoms with Gasteiger partial charge >= 0.3 is 6.16 Å². The highest BCUT2D eigenvalue weighted by Gasteiger charge is 2.31. The molecule has 6 nitrogen and oxygen atoms in total. The second-order valence-corrected chi connectivity index (χ2v) is 10.7. The molecule has 36 heavy (non-hydrogen) atoms. The lowest BCUT2D eigenvalue weighted by molar-refractivity contribution is -0.0292. The fourth-order valence-electron chi connectivity index (χ4n) is 5.07. The fourth-order valence-corrected chi connectivity index (χ4v) is 5.07. The number of hydrogen-bond donors (Lipinski definition) is 1. The van der Waals surface area contributed by atoms with Gasteiger partial charge in [0.25, 0.3) is 0 Å². The Morgan fingerprint density at radius 3 is 2.56 bits per heavy atom. The average molecular weight is 494 g/mol. The van der Waals surface area contributed by atoms with Crippen molar-refractivity contribution in [3.63, 3.8) is 0 Å². The molecule has 0 spiro atoms. The number of nitrogens with zero attached hydrogens (tertiary/aromatic N) is 1. The van der Waals surface area contributed by atoms with E-state index in [0.717, 1.165) is 42.9 Å². The number of hydrogen-bond acceptors (Lipinski definition) is 5. The van der Waals surface area contributed by atoms with E-state index < -0.39 is 6.16 Å². The first-order chi connectivity index (χ1) is 17.2. The topological polar surface area (TPSA) is 68.2 Å². The van der Waals surface area contributed by atoms with E-state index in [0.29, 0.717) is 25.6 Å². The molecule has 2 aromatic rings. The van der Waals surface area contributed by atoms with Crippen LogP contribution in [-0.4, -0.2) is 48.0 Å². The lowest BCUT2D eigenvalue weighted by Crippen LogP contribution is -2.53. The summed E-state index contributed by atoms with van der Waals surface area (Å²) in [4.78, 5) is 12.9. The molecule has 2 aliphatic rings. The third-order valence-electron chi connectivity index (χ3n) is 6.85. The molecule has 0 aromatic heterocycles. The Bertz CT molecular complexity index is 1110. The van der Waals surface area contributed by atoms with Crippen LogP contribution in [0.15, 0.2) is 42.0 Å². The van der Waals surface area contributed by atoms with Gasteiger partial charge in [-0.25, -0.2) is 4.79 Å². The van der Waals surface area contributed by atoms with Crippen LogP contribution in [0.4, 0.5) is 4.79 Å². The van der Waals surface area contributed by atoms with E-state index in [2.05, 4.69) is 75.9 Å². The third kappa shape index (κ3) is 6.61. The number of fused-ring (bicyclic) bond motifs is 1. The van der Waals surface area contributed by atoms with Crippen LogP contribution in [0.5, 0.6) is 11.5 Å². The molecule has 1 saturated heterocycles. The van der Waals surface area contributed by atoms with E-state index in [1.807, 2.05) is 0 Å². The molecular weight excluding hydrogens is 454 g/mol. The van der Waals surface area contributed by atoms with Crippen molar-refractivity contribution in [2.24, 2.45) is 5.92 Å². The summed E-state index contributed by atoms with van der Waals surface area (Å²) < 4.78 is 17.2. The molecule has 0 unspecified atom stereocenters. The number of likely N-dealkylation sites (tertiary alicyclic amines) is 1. The van der Waals surface area contributed by atoms with Crippen molar-refractivity contribution < 1.29 is 24.1 Å². The molecule has 6 heteroatoms. The zero-order valence-electron chi connectivity index (χ0n) is 22.2. The standard InChI is InChI=1S/C30H39NO5/c1-19(2)12-22-6-7-25(29(13-22)35-20(3)4)18-34-26-10-11-28-21(5)24(9-8-23(28)14-26)15-31-16-27(17-31)36-30(32)33/h6-7,10-11,13-14,19-20,27H,8-9,12,15-18H2,1-5H3,(H,32,33). The van der Waals surface area contributed by atoms with Crippen LogP contribution < -0.4 is 9.47 Å². The van der Waals surface area contributed by atoms with Gasteiger partial charge < -0.3 is 19.3 Å². The highest BCUT2D eigenvalue weighted by atomic mass is 16.7. The molecule has 1 aliphatic carbocycles. The number of rotatable bonds is 10. The lowest BCUT2D eigenvalue weighted by atomic mass is 9.85. The van der Waals surface area contributed by atoms with Crippen LogP contribution in [-0.2, 0) is 24.2 Å². The van der Waals surface area contributed by atoms with Gasteiger partial charge in [-0.15, -0.1) is 0 Å². The van der Waals surface area contributed by atoms with Crippen LogP contribution in [0.1, 0.15) is 63.3 Å². The maximum absolute atomic E-state index is 10.7. The molecule has 0 amide bonds. The Morgan fingerprint density at radius 1 is 1.08 bits per heavy atom. The zero-order chi connectivity index (χ0) is 25.8. The molecule has 0 saturated carbocycles. The van der Waals surface area contributed by atoms with E-state index in [4.69, 9.17) is 19.3 Å². The van der Waals surface area contributed by atoms with Gasteiger partial charge in [-0.2, -0.15) is 0 Å². The molecule has 0 bridgehead atoms. The molecule has 2 aromatic carbocycles. The van der Waals surface area contributed by atoms with Crippen molar-refractivity contribution >= 4 is 11.7 Å².